The molecule has 0 amide bonds. The molecule has 2 N–H and O–H groups in total. The van der Waals surface area contributed by atoms with Gasteiger partial charge in [-0.3, -0.25) is 10.1 Å². The number of aliphatic hydroxyl groups excluding tert-OH is 2. The lowest BCUT2D eigenvalue weighted by Crippen LogP contribution is -2.30. The van der Waals surface area contributed by atoms with Crippen LogP contribution in [0.5, 0.6) is 0 Å². The van der Waals surface area contributed by atoms with E-state index in [9.17, 15) is 10.1 Å². The van der Waals surface area contributed by atoms with Gasteiger partial charge in [-0.25, -0.2) is 4.98 Å². The Balaban J connectivity index is 2.80. The minimum Gasteiger partial charge on any atom is -0.395 e. The summed E-state index contributed by atoms with van der Waals surface area (Å²) in [5.41, 5.74) is -0.0864. The molecule has 0 saturated heterocycles. The maximum Gasteiger partial charge on any atom is 0.287 e. The van der Waals surface area contributed by atoms with Crippen molar-refractivity contribution >= 4 is 11.5 Å². The van der Waals surface area contributed by atoms with Gasteiger partial charge in [-0.15, -0.1) is 0 Å². The van der Waals surface area contributed by atoms with E-state index >= 15 is 0 Å². The predicted molar refractivity (Wildman–Crippen MR) is 57.3 cm³/mol. The first-order valence-electron chi connectivity index (χ1n) is 4.76. The minimum atomic E-state index is -0.529. The van der Waals surface area contributed by atoms with E-state index in [0.29, 0.717) is 18.9 Å². The zero-order valence-electron chi connectivity index (χ0n) is 8.61. The standard InChI is InChI=1S/C9H13N3O4/c13-5-3-11(4-6-14)9-2-1-8(7-10-9)12(15)16/h1-2,7,13-14H,3-6H2. The van der Waals surface area contributed by atoms with Gasteiger partial charge in [-0.2, -0.15) is 0 Å². The fourth-order valence-electron chi connectivity index (χ4n) is 1.26. The molecule has 0 aliphatic carbocycles. The molecule has 0 aliphatic rings. The molecule has 0 aromatic carbocycles. The monoisotopic (exact) mass is 227 g/mol. The topological polar surface area (TPSA) is 99.7 Å². The van der Waals surface area contributed by atoms with Crippen LogP contribution < -0.4 is 4.90 Å². The van der Waals surface area contributed by atoms with Crippen molar-refractivity contribution in [2.24, 2.45) is 0 Å². The number of anilines is 1. The fraction of sp³-hybridized carbons (Fsp3) is 0.444. The van der Waals surface area contributed by atoms with Crippen LogP contribution in [0.4, 0.5) is 11.5 Å². The highest BCUT2D eigenvalue weighted by Gasteiger charge is 2.10. The Labute approximate surface area is 92.1 Å². The molecule has 1 heterocycles. The maximum atomic E-state index is 10.4. The fourth-order valence-corrected chi connectivity index (χ4v) is 1.26. The van der Waals surface area contributed by atoms with Crippen molar-refractivity contribution < 1.29 is 15.1 Å². The zero-order valence-corrected chi connectivity index (χ0v) is 8.61. The number of pyridine rings is 1. The summed E-state index contributed by atoms with van der Waals surface area (Å²) in [6.45, 7) is 0.508. The summed E-state index contributed by atoms with van der Waals surface area (Å²) in [7, 11) is 0. The highest BCUT2D eigenvalue weighted by Crippen LogP contribution is 2.15. The Kier molecular flexibility index (Phi) is 4.62. The second kappa shape index (κ2) is 5.99. The zero-order chi connectivity index (χ0) is 12.0. The first-order chi connectivity index (χ1) is 7.69. The van der Waals surface area contributed by atoms with Crippen LogP contribution in [0.3, 0.4) is 0 Å². The maximum absolute atomic E-state index is 10.4. The van der Waals surface area contributed by atoms with Gasteiger partial charge >= 0.3 is 0 Å². The Morgan fingerprint density at radius 3 is 2.31 bits per heavy atom. The van der Waals surface area contributed by atoms with E-state index in [1.54, 1.807) is 4.90 Å². The van der Waals surface area contributed by atoms with Gasteiger partial charge in [0.1, 0.15) is 12.0 Å². The van der Waals surface area contributed by atoms with Crippen LogP contribution in [0.1, 0.15) is 0 Å². The van der Waals surface area contributed by atoms with Crippen molar-refractivity contribution in [3.63, 3.8) is 0 Å². The molecule has 0 radical (unpaired) electrons. The molecule has 1 aromatic rings. The first-order valence-corrected chi connectivity index (χ1v) is 4.76. The van der Waals surface area contributed by atoms with Gasteiger partial charge in [0.05, 0.1) is 18.1 Å². The number of nitrogens with zero attached hydrogens (tertiary/aromatic N) is 3. The lowest BCUT2D eigenvalue weighted by atomic mass is 10.3. The minimum absolute atomic E-state index is 0.0708. The van der Waals surface area contributed by atoms with Crippen LogP contribution >= 0.6 is 0 Å². The number of nitro groups is 1. The van der Waals surface area contributed by atoms with Gasteiger partial charge < -0.3 is 15.1 Å². The van der Waals surface area contributed by atoms with Gasteiger partial charge in [0, 0.05) is 19.2 Å². The molecule has 0 saturated carbocycles. The second-order valence-corrected chi connectivity index (χ2v) is 3.07. The van der Waals surface area contributed by atoms with Crippen molar-refractivity contribution in [2.75, 3.05) is 31.2 Å². The van der Waals surface area contributed by atoms with Crippen LogP contribution in [-0.4, -0.2) is 46.4 Å². The van der Waals surface area contributed by atoms with Crippen LogP contribution in [0.25, 0.3) is 0 Å². The number of hydrogen-bond donors (Lipinski definition) is 2. The smallest absolute Gasteiger partial charge is 0.287 e. The van der Waals surface area contributed by atoms with Crippen LogP contribution in [0.2, 0.25) is 0 Å². The van der Waals surface area contributed by atoms with Gasteiger partial charge in [0.25, 0.3) is 5.69 Å². The third-order valence-electron chi connectivity index (χ3n) is 2.01. The third kappa shape index (κ3) is 3.14. The molecule has 16 heavy (non-hydrogen) atoms. The van der Waals surface area contributed by atoms with Gasteiger partial charge in [0.15, 0.2) is 0 Å². The lowest BCUT2D eigenvalue weighted by molar-refractivity contribution is -0.385. The molecule has 7 heteroatoms. The van der Waals surface area contributed by atoms with Crippen molar-refractivity contribution in [3.8, 4) is 0 Å². The molecule has 0 aliphatic heterocycles. The predicted octanol–water partition coefficient (Wildman–Crippen LogP) is -0.219. The average Bonchev–Trinajstić information content (AvgIpc) is 2.29. The Morgan fingerprint density at radius 2 is 1.94 bits per heavy atom. The average molecular weight is 227 g/mol. The first kappa shape index (κ1) is 12.3. The van der Waals surface area contributed by atoms with Gasteiger partial charge in [0.2, 0.25) is 0 Å². The molecule has 0 bridgehead atoms. The van der Waals surface area contributed by atoms with E-state index in [0.717, 1.165) is 6.20 Å². The molecular formula is C9H13N3O4. The number of hydrogen-bond acceptors (Lipinski definition) is 6. The quantitative estimate of drug-likeness (QED) is 0.515. The summed E-state index contributed by atoms with van der Waals surface area (Å²) < 4.78 is 0. The molecule has 1 aromatic heterocycles. The lowest BCUT2D eigenvalue weighted by Gasteiger charge is -2.21. The summed E-state index contributed by atoms with van der Waals surface area (Å²) in [4.78, 5) is 15.4. The number of aliphatic hydroxyl groups is 2. The highest BCUT2D eigenvalue weighted by atomic mass is 16.6. The summed E-state index contributed by atoms with van der Waals surface area (Å²) in [6.07, 6.45) is 1.15. The summed E-state index contributed by atoms with van der Waals surface area (Å²) in [6, 6.07) is 2.83. The molecular weight excluding hydrogens is 214 g/mol. The SMILES string of the molecule is O=[N+]([O-])c1ccc(N(CCO)CCO)nc1. The molecule has 0 fully saturated rings. The van der Waals surface area contributed by atoms with Crippen LogP contribution in [0.15, 0.2) is 18.3 Å². The summed E-state index contributed by atoms with van der Waals surface area (Å²) in [5, 5.41) is 28.0. The van der Waals surface area contributed by atoms with E-state index in [1.165, 1.54) is 12.1 Å². The number of aromatic nitrogens is 1. The normalized spacial score (nSPS) is 10.1. The summed E-state index contributed by atoms with van der Waals surface area (Å²) >= 11 is 0. The largest absolute Gasteiger partial charge is 0.395 e. The van der Waals surface area contributed by atoms with Crippen molar-refractivity contribution in [1.29, 1.82) is 0 Å². The van der Waals surface area contributed by atoms with Crippen molar-refractivity contribution in [3.05, 3.63) is 28.4 Å². The highest BCUT2D eigenvalue weighted by molar-refractivity contribution is 5.42. The molecule has 0 atom stereocenters. The van der Waals surface area contributed by atoms with Gasteiger partial charge in [-0.05, 0) is 6.07 Å². The Bertz CT molecular complexity index is 335. The number of rotatable bonds is 6. The molecule has 88 valence electrons. The van der Waals surface area contributed by atoms with E-state index in [-0.39, 0.29) is 18.9 Å². The Morgan fingerprint density at radius 1 is 1.31 bits per heavy atom. The molecule has 7 nitrogen and oxygen atoms in total. The molecule has 0 unspecified atom stereocenters. The van der Waals surface area contributed by atoms with E-state index in [1.807, 2.05) is 0 Å². The van der Waals surface area contributed by atoms with E-state index in [4.69, 9.17) is 10.2 Å². The Hall–Kier alpha value is -1.73. The summed E-state index contributed by atoms with van der Waals surface area (Å²) in [5.74, 6) is 0.494. The van der Waals surface area contributed by atoms with E-state index < -0.39 is 4.92 Å². The van der Waals surface area contributed by atoms with Crippen LogP contribution in [0, 0.1) is 10.1 Å². The van der Waals surface area contributed by atoms with E-state index in [2.05, 4.69) is 4.98 Å². The van der Waals surface area contributed by atoms with Crippen LogP contribution in [-0.2, 0) is 0 Å². The third-order valence-corrected chi connectivity index (χ3v) is 2.01. The second-order valence-electron chi connectivity index (χ2n) is 3.07. The molecule has 1 rings (SSSR count). The van der Waals surface area contributed by atoms with Crippen molar-refractivity contribution in [1.82, 2.24) is 4.98 Å². The van der Waals surface area contributed by atoms with Crippen molar-refractivity contribution in [2.45, 2.75) is 0 Å². The van der Waals surface area contributed by atoms with Gasteiger partial charge in [-0.1, -0.05) is 0 Å². The molecule has 0 spiro atoms.